The maximum atomic E-state index is 6.26. The third kappa shape index (κ3) is 2.08. The lowest BCUT2D eigenvalue weighted by molar-refractivity contribution is 0.706. The quantitative estimate of drug-likeness (QED) is 0.774. The monoisotopic (exact) mass is 261 g/mol. The van der Waals surface area contributed by atoms with E-state index < -0.39 is 0 Å². The molecule has 0 fully saturated rings. The first-order chi connectivity index (χ1) is 8.24. The van der Waals surface area contributed by atoms with Crippen LogP contribution in [0.25, 0.3) is 0 Å². The molecule has 2 aromatic rings. The summed E-state index contributed by atoms with van der Waals surface area (Å²) in [6.07, 6.45) is 0.872. The van der Waals surface area contributed by atoms with E-state index >= 15 is 0 Å². The van der Waals surface area contributed by atoms with Gasteiger partial charge in [0.05, 0.1) is 0 Å². The molecule has 1 heterocycles. The summed E-state index contributed by atoms with van der Waals surface area (Å²) in [6.45, 7) is 0. The highest BCUT2D eigenvalue weighted by Gasteiger charge is 2.19. The topological polar surface area (TPSA) is 26.0 Å². The second-order valence-electron chi connectivity index (χ2n) is 4.20. The van der Waals surface area contributed by atoms with Gasteiger partial charge in [-0.3, -0.25) is 0 Å². The van der Waals surface area contributed by atoms with Crippen LogP contribution in [0.15, 0.2) is 52.3 Å². The van der Waals surface area contributed by atoms with Crippen LogP contribution in [0.5, 0.6) is 0 Å². The highest BCUT2D eigenvalue weighted by Crippen LogP contribution is 2.40. The molecular formula is C14H12ClNS. The molecule has 17 heavy (non-hydrogen) atoms. The Kier molecular flexibility index (Phi) is 2.87. The van der Waals surface area contributed by atoms with E-state index in [2.05, 4.69) is 30.3 Å². The zero-order chi connectivity index (χ0) is 11.8. The van der Waals surface area contributed by atoms with E-state index in [1.165, 1.54) is 15.4 Å². The van der Waals surface area contributed by atoms with Gasteiger partial charge in [-0.15, -0.1) is 0 Å². The van der Waals surface area contributed by atoms with Crippen LogP contribution < -0.4 is 5.73 Å². The molecule has 3 heteroatoms. The fraction of sp³-hybridized carbons (Fsp3) is 0.143. The molecule has 0 amide bonds. The Balaban J connectivity index is 2.14. The fourth-order valence-electron chi connectivity index (χ4n) is 2.14. The molecule has 1 aliphatic rings. The van der Waals surface area contributed by atoms with Crippen molar-refractivity contribution in [1.29, 1.82) is 0 Å². The van der Waals surface area contributed by atoms with Gasteiger partial charge in [-0.2, -0.15) is 0 Å². The zero-order valence-corrected chi connectivity index (χ0v) is 10.8. The largest absolute Gasteiger partial charge is 0.324 e. The highest BCUT2D eigenvalue weighted by atomic mass is 35.5. The van der Waals surface area contributed by atoms with Gasteiger partial charge < -0.3 is 5.73 Å². The van der Waals surface area contributed by atoms with E-state index in [-0.39, 0.29) is 6.04 Å². The zero-order valence-electron chi connectivity index (χ0n) is 9.19. The molecule has 1 atom stereocenters. The number of hydrogen-bond donors (Lipinski definition) is 1. The molecule has 2 aromatic carbocycles. The van der Waals surface area contributed by atoms with Gasteiger partial charge in [0.25, 0.3) is 0 Å². The fourth-order valence-corrected chi connectivity index (χ4v) is 3.45. The molecule has 1 aliphatic heterocycles. The third-order valence-corrected chi connectivity index (χ3v) is 4.45. The molecule has 0 saturated heterocycles. The molecule has 0 bridgehead atoms. The molecule has 0 saturated carbocycles. The Morgan fingerprint density at radius 3 is 2.82 bits per heavy atom. The van der Waals surface area contributed by atoms with Crippen molar-refractivity contribution in [3.63, 3.8) is 0 Å². The molecule has 3 rings (SSSR count). The number of nitrogens with two attached hydrogens (primary N) is 1. The molecule has 1 nitrogen and oxygen atoms in total. The van der Waals surface area contributed by atoms with Crippen LogP contribution in [-0.4, -0.2) is 0 Å². The summed E-state index contributed by atoms with van der Waals surface area (Å²) >= 11 is 7.82. The van der Waals surface area contributed by atoms with Crippen LogP contribution in [0.2, 0.25) is 5.02 Å². The van der Waals surface area contributed by atoms with Gasteiger partial charge in [0.2, 0.25) is 0 Å². The van der Waals surface area contributed by atoms with Crippen molar-refractivity contribution in [2.45, 2.75) is 22.3 Å². The van der Waals surface area contributed by atoms with Crippen molar-refractivity contribution < 1.29 is 0 Å². The lowest BCUT2D eigenvalue weighted by Gasteiger charge is -2.12. The summed E-state index contributed by atoms with van der Waals surface area (Å²) in [5, 5.41) is 0.755. The molecule has 2 N–H and O–H groups in total. The predicted octanol–water partition coefficient (Wildman–Crippen LogP) is 4.05. The molecule has 0 aromatic heterocycles. The van der Waals surface area contributed by atoms with Crippen LogP contribution in [0.1, 0.15) is 17.2 Å². The van der Waals surface area contributed by atoms with Crippen molar-refractivity contribution in [2.24, 2.45) is 5.73 Å². The van der Waals surface area contributed by atoms with E-state index in [0.29, 0.717) is 0 Å². The number of halogens is 1. The van der Waals surface area contributed by atoms with Crippen LogP contribution in [0.4, 0.5) is 0 Å². The molecular weight excluding hydrogens is 250 g/mol. The third-order valence-electron chi connectivity index (χ3n) is 3.00. The smallest absolute Gasteiger partial charge is 0.0410 e. The number of benzene rings is 2. The lowest BCUT2D eigenvalue weighted by atomic mass is 10.00. The van der Waals surface area contributed by atoms with Crippen LogP contribution in [0.3, 0.4) is 0 Å². The average molecular weight is 262 g/mol. The van der Waals surface area contributed by atoms with Gasteiger partial charge in [0, 0.05) is 20.9 Å². The summed E-state index contributed by atoms with van der Waals surface area (Å²) in [7, 11) is 0. The molecule has 0 unspecified atom stereocenters. The summed E-state index contributed by atoms with van der Waals surface area (Å²) in [5.41, 5.74) is 8.73. The normalized spacial score (nSPS) is 18.1. The molecule has 0 aliphatic carbocycles. The molecule has 0 radical (unpaired) electrons. The van der Waals surface area contributed by atoms with Gasteiger partial charge in [0.1, 0.15) is 0 Å². The minimum atomic E-state index is 0.0276. The van der Waals surface area contributed by atoms with Gasteiger partial charge in [-0.1, -0.05) is 41.6 Å². The minimum Gasteiger partial charge on any atom is -0.324 e. The summed E-state index contributed by atoms with van der Waals surface area (Å²) < 4.78 is 0. The Hall–Kier alpha value is -0.960. The average Bonchev–Trinajstić information content (AvgIpc) is 2.46. The SMILES string of the molecule is N[C@@H]1Cc2ccccc2Sc2ccc(Cl)cc21. The first kappa shape index (κ1) is 11.1. The van der Waals surface area contributed by atoms with Gasteiger partial charge in [-0.25, -0.2) is 0 Å². The first-order valence-corrected chi connectivity index (χ1v) is 6.74. The summed E-state index contributed by atoms with van der Waals surface area (Å²) in [5.74, 6) is 0. The summed E-state index contributed by atoms with van der Waals surface area (Å²) in [4.78, 5) is 2.51. The Labute approximate surface area is 110 Å². The van der Waals surface area contributed by atoms with E-state index in [1.54, 1.807) is 11.8 Å². The van der Waals surface area contributed by atoms with Crippen LogP contribution >= 0.6 is 23.4 Å². The van der Waals surface area contributed by atoms with E-state index in [9.17, 15) is 0 Å². The number of fused-ring (bicyclic) bond motifs is 2. The van der Waals surface area contributed by atoms with E-state index in [1.807, 2.05) is 12.1 Å². The maximum Gasteiger partial charge on any atom is 0.0410 e. The van der Waals surface area contributed by atoms with Crippen molar-refractivity contribution in [1.82, 2.24) is 0 Å². The number of hydrogen-bond acceptors (Lipinski definition) is 2. The Morgan fingerprint density at radius 2 is 1.94 bits per heavy atom. The van der Waals surface area contributed by atoms with Gasteiger partial charge in [-0.05, 0) is 41.8 Å². The van der Waals surface area contributed by atoms with Crippen molar-refractivity contribution in [2.75, 3.05) is 0 Å². The van der Waals surface area contributed by atoms with Crippen molar-refractivity contribution in [3.8, 4) is 0 Å². The summed E-state index contributed by atoms with van der Waals surface area (Å²) in [6, 6.07) is 14.4. The highest BCUT2D eigenvalue weighted by molar-refractivity contribution is 7.99. The van der Waals surface area contributed by atoms with Crippen LogP contribution in [-0.2, 0) is 6.42 Å². The Morgan fingerprint density at radius 1 is 1.12 bits per heavy atom. The predicted molar refractivity (Wildman–Crippen MR) is 72.6 cm³/mol. The second-order valence-corrected chi connectivity index (χ2v) is 5.72. The van der Waals surface area contributed by atoms with E-state index in [4.69, 9.17) is 17.3 Å². The standard InChI is InChI=1S/C14H12ClNS/c15-10-5-6-14-11(8-10)12(16)7-9-3-1-2-4-13(9)17-14/h1-6,8,12H,7,16H2/t12-/m1/s1. The van der Waals surface area contributed by atoms with Crippen LogP contribution in [0, 0.1) is 0 Å². The number of rotatable bonds is 0. The van der Waals surface area contributed by atoms with Gasteiger partial charge >= 0.3 is 0 Å². The van der Waals surface area contributed by atoms with Crippen molar-refractivity contribution in [3.05, 3.63) is 58.6 Å². The van der Waals surface area contributed by atoms with Gasteiger partial charge in [0.15, 0.2) is 0 Å². The second kappa shape index (κ2) is 4.37. The van der Waals surface area contributed by atoms with Crippen molar-refractivity contribution >= 4 is 23.4 Å². The maximum absolute atomic E-state index is 6.26. The minimum absolute atomic E-state index is 0.0276. The molecule has 0 spiro atoms. The van der Waals surface area contributed by atoms with E-state index in [0.717, 1.165) is 17.0 Å². The molecule has 86 valence electrons. The lowest BCUT2D eigenvalue weighted by Crippen LogP contribution is -2.13. The Bertz CT molecular complexity index is 568. The first-order valence-electron chi connectivity index (χ1n) is 5.55.